The van der Waals surface area contributed by atoms with Crippen molar-refractivity contribution in [3.05, 3.63) is 72.6 Å². The van der Waals surface area contributed by atoms with Gasteiger partial charge >= 0.3 is 0 Å². The normalized spacial score (nSPS) is 10.6. The molecule has 0 atom stereocenters. The monoisotopic (exact) mass is 345 g/mol. The highest BCUT2D eigenvalue weighted by Crippen LogP contribution is 2.12. The van der Waals surface area contributed by atoms with Crippen molar-refractivity contribution >= 4 is 28.6 Å². The zero-order valence-corrected chi connectivity index (χ0v) is 13.7. The summed E-state index contributed by atoms with van der Waals surface area (Å²) in [6.07, 6.45) is 3.06. The van der Waals surface area contributed by atoms with Gasteiger partial charge in [-0.3, -0.25) is 4.79 Å². The van der Waals surface area contributed by atoms with E-state index in [-0.39, 0.29) is 5.91 Å². The summed E-state index contributed by atoms with van der Waals surface area (Å²) in [5.74, 6) is 1.54. The summed E-state index contributed by atoms with van der Waals surface area (Å²) in [6.45, 7) is 0.290. The van der Waals surface area contributed by atoms with E-state index in [1.165, 1.54) is 6.33 Å². The lowest BCUT2D eigenvalue weighted by Gasteiger charge is -2.07. The predicted molar refractivity (Wildman–Crippen MR) is 96.8 cm³/mol. The summed E-state index contributed by atoms with van der Waals surface area (Å²) >= 11 is 0. The van der Waals surface area contributed by atoms with Crippen molar-refractivity contribution in [3.8, 4) is 0 Å². The highest BCUT2D eigenvalue weighted by atomic mass is 16.1. The molecule has 3 aromatic heterocycles. The van der Waals surface area contributed by atoms with Gasteiger partial charge in [0.15, 0.2) is 0 Å². The summed E-state index contributed by atoms with van der Waals surface area (Å²) in [5, 5.41) is 5.85. The van der Waals surface area contributed by atoms with Crippen molar-refractivity contribution in [3.63, 3.8) is 0 Å². The van der Waals surface area contributed by atoms with Crippen LogP contribution in [0, 0.1) is 0 Å². The second kappa shape index (κ2) is 6.98. The van der Waals surface area contributed by atoms with E-state index in [9.17, 15) is 4.79 Å². The second-order valence-corrected chi connectivity index (χ2v) is 5.51. The Hall–Kier alpha value is -3.81. The Morgan fingerprint density at radius 3 is 2.77 bits per heavy atom. The van der Waals surface area contributed by atoms with Gasteiger partial charge in [-0.15, -0.1) is 0 Å². The minimum Gasteiger partial charge on any atom is -0.343 e. The van der Waals surface area contributed by atoms with Crippen LogP contribution >= 0.6 is 0 Å². The fraction of sp³-hybridized carbons (Fsp3) is 0.0556. The summed E-state index contributed by atoms with van der Waals surface area (Å²) in [6, 6.07) is 14.6. The van der Waals surface area contributed by atoms with Crippen LogP contribution in [0.3, 0.4) is 0 Å². The number of rotatable bonds is 5. The van der Waals surface area contributed by atoms with Gasteiger partial charge in [0, 0.05) is 6.20 Å². The van der Waals surface area contributed by atoms with E-state index in [1.807, 2.05) is 24.3 Å². The minimum atomic E-state index is -0.281. The molecule has 0 saturated carbocycles. The molecule has 1 aromatic carbocycles. The lowest BCUT2D eigenvalue weighted by Crippen LogP contribution is -2.24. The van der Waals surface area contributed by atoms with Crippen LogP contribution in [0.2, 0.25) is 0 Å². The Labute approximate surface area is 148 Å². The van der Waals surface area contributed by atoms with Gasteiger partial charge in [-0.25, -0.2) is 19.9 Å². The van der Waals surface area contributed by atoms with Crippen LogP contribution in [-0.2, 0) is 6.54 Å². The molecule has 4 aromatic rings. The number of benzene rings is 1. The molecule has 8 heteroatoms. The molecule has 0 unspecified atom stereocenters. The van der Waals surface area contributed by atoms with Gasteiger partial charge in [0.1, 0.15) is 29.5 Å². The number of amides is 1. The van der Waals surface area contributed by atoms with Crippen molar-refractivity contribution in [2.75, 3.05) is 5.32 Å². The number of pyridine rings is 1. The van der Waals surface area contributed by atoms with Crippen molar-refractivity contribution in [1.82, 2.24) is 30.2 Å². The molecule has 0 radical (unpaired) electrons. The molecule has 0 aliphatic heterocycles. The number of nitrogens with one attached hydrogen (secondary N) is 3. The number of hydrogen-bond donors (Lipinski definition) is 3. The predicted octanol–water partition coefficient (Wildman–Crippen LogP) is 2.42. The van der Waals surface area contributed by atoms with Gasteiger partial charge in [-0.2, -0.15) is 0 Å². The molecule has 8 nitrogen and oxygen atoms in total. The first-order valence-corrected chi connectivity index (χ1v) is 8.00. The standard InChI is InChI=1S/C18H15N7O/c26-18(20-10-17-22-12-4-1-2-5-13(12)23-17)14-6-3-7-16(24-14)25-15-8-9-19-11-21-15/h1-9,11H,10H2,(H,20,26)(H,22,23)(H,19,21,24,25). The van der Waals surface area contributed by atoms with Crippen molar-refractivity contribution < 1.29 is 4.79 Å². The van der Waals surface area contributed by atoms with Crippen molar-refractivity contribution in [2.24, 2.45) is 0 Å². The van der Waals surface area contributed by atoms with E-state index in [0.29, 0.717) is 29.7 Å². The summed E-state index contributed by atoms with van der Waals surface area (Å²) in [4.78, 5) is 32.2. The minimum absolute atomic E-state index is 0.281. The van der Waals surface area contributed by atoms with E-state index in [0.717, 1.165) is 11.0 Å². The number of carbonyl (C=O) groups excluding carboxylic acids is 1. The van der Waals surface area contributed by atoms with Gasteiger partial charge in [-0.1, -0.05) is 18.2 Å². The number of para-hydroxylation sites is 2. The first-order valence-electron chi connectivity index (χ1n) is 8.00. The molecule has 0 fully saturated rings. The van der Waals surface area contributed by atoms with Gasteiger partial charge in [0.05, 0.1) is 17.6 Å². The number of imidazole rings is 1. The van der Waals surface area contributed by atoms with Crippen LogP contribution in [0.1, 0.15) is 16.3 Å². The van der Waals surface area contributed by atoms with E-state index >= 15 is 0 Å². The molecule has 3 heterocycles. The first-order chi connectivity index (χ1) is 12.8. The summed E-state index contributed by atoms with van der Waals surface area (Å²) < 4.78 is 0. The van der Waals surface area contributed by atoms with Crippen LogP contribution in [0.4, 0.5) is 11.6 Å². The molecule has 0 aliphatic rings. The lowest BCUT2D eigenvalue weighted by atomic mass is 10.3. The van der Waals surface area contributed by atoms with Crippen molar-refractivity contribution in [1.29, 1.82) is 0 Å². The zero-order valence-electron chi connectivity index (χ0n) is 13.7. The summed E-state index contributed by atoms with van der Waals surface area (Å²) in [7, 11) is 0. The average Bonchev–Trinajstić information content (AvgIpc) is 3.10. The topological polar surface area (TPSA) is 108 Å². The van der Waals surface area contributed by atoms with Crippen LogP contribution < -0.4 is 10.6 Å². The van der Waals surface area contributed by atoms with E-state index in [2.05, 4.69) is 35.6 Å². The second-order valence-electron chi connectivity index (χ2n) is 5.51. The smallest absolute Gasteiger partial charge is 0.270 e. The molecule has 0 spiro atoms. The molecule has 0 aliphatic carbocycles. The number of carbonyl (C=O) groups is 1. The quantitative estimate of drug-likeness (QED) is 0.513. The van der Waals surface area contributed by atoms with Crippen LogP contribution in [0.25, 0.3) is 11.0 Å². The molecule has 0 saturated heterocycles. The van der Waals surface area contributed by atoms with Gasteiger partial charge in [-0.05, 0) is 30.3 Å². The Morgan fingerprint density at radius 1 is 1.00 bits per heavy atom. The van der Waals surface area contributed by atoms with Gasteiger partial charge in [0.25, 0.3) is 5.91 Å². The van der Waals surface area contributed by atoms with Crippen LogP contribution in [-0.4, -0.2) is 30.8 Å². The Balaban J connectivity index is 1.43. The number of aromatic nitrogens is 5. The lowest BCUT2D eigenvalue weighted by molar-refractivity contribution is 0.0945. The van der Waals surface area contributed by atoms with Gasteiger partial charge in [0.2, 0.25) is 0 Å². The number of hydrogen-bond acceptors (Lipinski definition) is 6. The highest BCUT2D eigenvalue weighted by molar-refractivity contribution is 5.92. The number of fused-ring (bicyclic) bond motifs is 1. The molecule has 3 N–H and O–H groups in total. The largest absolute Gasteiger partial charge is 0.343 e. The molecular weight excluding hydrogens is 330 g/mol. The number of anilines is 2. The number of nitrogens with zero attached hydrogens (tertiary/aromatic N) is 4. The maximum Gasteiger partial charge on any atom is 0.270 e. The van der Waals surface area contributed by atoms with Crippen molar-refractivity contribution in [2.45, 2.75) is 6.54 Å². The molecule has 4 rings (SSSR count). The van der Waals surface area contributed by atoms with E-state index in [4.69, 9.17) is 0 Å². The Bertz CT molecular complexity index is 1010. The third-order valence-electron chi connectivity index (χ3n) is 3.67. The third-order valence-corrected chi connectivity index (χ3v) is 3.67. The van der Waals surface area contributed by atoms with E-state index in [1.54, 1.807) is 30.5 Å². The third kappa shape index (κ3) is 3.48. The number of H-pyrrole nitrogens is 1. The maximum absolute atomic E-state index is 12.4. The van der Waals surface area contributed by atoms with Crippen LogP contribution in [0.15, 0.2) is 61.1 Å². The SMILES string of the molecule is O=C(NCc1nc2ccccc2[nH]1)c1cccc(Nc2ccncn2)n1. The Morgan fingerprint density at radius 2 is 1.92 bits per heavy atom. The summed E-state index contributed by atoms with van der Waals surface area (Å²) in [5.41, 5.74) is 2.11. The zero-order chi connectivity index (χ0) is 17.8. The molecule has 128 valence electrons. The van der Waals surface area contributed by atoms with Crippen LogP contribution in [0.5, 0.6) is 0 Å². The number of aromatic amines is 1. The Kier molecular flexibility index (Phi) is 4.21. The highest BCUT2D eigenvalue weighted by Gasteiger charge is 2.10. The average molecular weight is 345 g/mol. The molecular formula is C18H15N7O. The van der Waals surface area contributed by atoms with E-state index < -0.39 is 0 Å². The first kappa shape index (κ1) is 15.7. The fourth-order valence-electron chi connectivity index (χ4n) is 2.47. The maximum atomic E-state index is 12.4. The van der Waals surface area contributed by atoms with Gasteiger partial charge < -0.3 is 15.6 Å². The fourth-order valence-corrected chi connectivity index (χ4v) is 2.47. The molecule has 1 amide bonds. The molecule has 26 heavy (non-hydrogen) atoms. The molecule has 0 bridgehead atoms.